The van der Waals surface area contributed by atoms with Gasteiger partial charge in [-0.15, -0.1) is 0 Å². The predicted octanol–water partition coefficient (Wildman–Crippen LogP) is 5.59. The molecule has 0 unspecified atom stereocenters. The molecule has 5 heteroatoms. The summed E-state index contributed by atoms with van der Waals surface area (Å²) in [5, 5.41) is 1.18. The van der Waals surface area contributed by atoms with Crippen molar-refractivity contribution in [1.82, 2.24) is 9.80 Å². The van der Waals surface area contributed by atoms with Crippen LogP contribution in [0, 0.1) is 0 Å². The molecule has 0 radical (unpaired) electrons. The van der Waals surface area contributed by atoms with Crippen molar-refractivity contribution in [1.29, 1.82) is 0 Å². The van der Waals surface area contributed by atoms with Crippen LogP contribution in [-0.2, 0) is 17.6 Å². The molecule has 1 aliphatic heterocycles. The van der Waals surface area contributed by atoms with E-state index in [4.69, 9.17) is 9.15 Å². The summed E-state index contributed by atoms with van der Waals surface area (Å²) < 4.78 is 12.1. The molecule has 1 aromatic carbocycles. The number of carbonyl (C=O) groups is 1. The molecule has 2 heterocycles. The Morgan fingerprint density at radius 2 is 1.82 bits per heavy atom. The lowest BCUT2D eigenvalue weighted by Crippen LogP contribution is -2.52. The van der Waals surface area contributed by atoms with E-state index in [2.05, 4.69) is 11.0 Å². The van der Waals surface area contributed by atoms with E-state index in [0.717, 1.165) is 73.3 Å². The molecule has 0 atom stereocenters. The minimum atomic E-state index is 0.118. The summed E-state index contributed by atoms with van der Waals surface area (Å²) in [5.41, 5.74) is 4.23. The van der Waals surface area contributed by atoms with Crippen LogP contribution in [0.25, 0.3) is 16.5 Å². The Morgan fingerprint density at radius 1 is 1.06 bits per heavy atom. The zero-order chi connectivity index (χ0) is 22.8. The van der Waals surface area contributed by atoms with Gasteiger partial charge in [-0.2, -0.15) is 0 Å². The van der Waals surface area contributed by atoms with Crippen molar-refractivity contribution >= 4 is 22.4 Å². The standard InChI is InChI=1S/C28H38N2O3/c1-3-32-26-19-27-24(22-11-7-8-12-25(22)33-27)18-23(26)20(2)17-28(31)30-15-13-29(14-16-30)21-9-5-4-6-10-21/h17-19,21H,3-16H2,1-2H3/b20-17+. The predicted molar refractivity (Wildman–Crippen MR) is 133 cm³/mol. The highest BCUT2D eigenvalue weighted by Gasteiger charge is 2.27. The summed E-state index contributed by atoms with van der Waals surface area (Å²) in [6, 6.07) is 4.94. The number of nitrogens with zero attached hydrogens (tertiary/aromatic N) is 2. The van der Waals surface area contributed by atoms with Crippen LogP contribution >= 0.6 is 0 Å². The Kier molecular flexibility index (Phi) is 6.77. The molecule has 0 N–H and O–H groups in total. The number of hydrogen-bond acceptors (Lipinski definition) is 4. The first-order valence-corrected chi connectivity index (χ1v) is 13.1. The van der Waals surface area contributed by atoms with Crippen molar-refractivity contribution < 1.29 is 13.9 Å². The van der Waals surface area contributed by atoms with E-state index in [1.54, 1.807) is 0 Å². The number of aryl methyl sites for hydroxylation is 2. The fourth-order valence-electron chi connectivity index (χ4n) is 5.98. The lowest BCUT2D eigenvalue weighted by molar-refractivity contribution is -0.128. The SMILES string of the molecule is CCOc1cc2oc3c(c2cc1/C(C)=C/C(=O)N1CCN(C2CCCCC2)CC1)CCCC3. The quantitative estimate of drug-likeness (QED) is 0.557. The minimum Gasteiger partial charge on any atom is -0.493 e. The normalized spacial score (nSPS) is 20.8. The molecular weight excluding hydrogens is 412 g/mol. The van der Waals surface area contributed by atoms with Crippen LogP contribution in [0.5, 0.6) is 5.75 Å². The van der Waals surface area contributed by atoms with E-state index < -0.39 is 0 Å². The molecule has 1 saturated heterocycles. The summed E-state index contributed by atoms with van der Waals surface area (Å²) in [6.07, 6.45) is 13.1. The molecule has 33 heavy (non-hydrogen) atoms. The molecule has 178 valence electrons. The molecule has 5 rings (SSSR count). The highest BCUT2D eigenvalue weighted by molar-refractivity contribution is 5.97. The second kappa shape index (κ2) is 9.92. The maximum absolute atomic E-state index is 13.2. The Bertz CT molecular complexity index is 1020. The molecule has 3 aliphatic rings. The van der Waals surface area contributed by atoms with Crippen LogP contribution in [0.4, 0.5) is 0 Å². The number of amides is 1. The van der Waals surface area contributed by atoms with Gasteiger partial charge in [0.1, 0.15) is 17.1 Å². The van der Waals surface area contributed by atoms with Crippen LogP contribution in [0.1, 0.15) is 75.7 Å². The first-order valence-electron chi connectivity index (χ1n) is 13.1. The van der Waals surface area contributed by atoms with Crippen molar-refractivity contribution in [3.8, 4) is 5.75 Å². The van der Waals surface area contributed by atoms with Crippen molar-refractivity contribution in [3.05, 3.63) is 35.1 Å². The van der Waals surface area contributed by atoms with Gasteiger partial charge in [-0.1, -0.05) is 19.3 Å². The fraction of sp³-hybridized carbons (Fsp3) is 0.607. The largest absolute Gasteiger partial charge is 0.493 e. The Hall–Kier alpha value is -2.27. The highest BCUT2D eigenvalue weighted by atomic mass is 16.5. The molecule has 2 aromatic rings. The number of allylic oxidation sites excluding steroid dienone is 1. The van der Waals surface area contributed by atoms with Gasteiger partial charge in [-0.25, -0.2) is 0 Å². The Labute approximate surface area is 197 Å². The topological polar surface area (TPSA) is 45.9 Å². The zero-order valence-corrected chi connectivity index (χ0v) is 20.3. The third-order valence-corrected chi connectivity index (χ3v) is 7.84. The fourth-order valence-corrected chi connectivity index (χ4v) is 5.98. The van der Waals surface area contributed by atoms with E-state index in [1.165, 1.54) is 55.9 Å². The van der Waals surface area contributed by atoms with E-state index in [1.807, 2.05) is 30.9 Å². The molecule has 0 spiro atoms. The summed E-state index contributed by atoms with van der Waals surface area (Å²) >= 11 is 0. The first kappa shape index (κ1) is 22.5. The number of fused-ring (bicyclic) bond motifs is 3. The summed E-state index contributed by atoms with van der Waals surface area (Å²) in [7, 11) is 0. The number of furan rings is 1. The third kappa shape index (κ3) is 4.70. The van der Waals surface area contributed by atoms with Crippen LogP contribution in [0.2, 0.25) is 0 Å². The zero-order valence-electron chi connectivity index (χ0n) is 20.3. The van der Waals surface area contributed by atoms with Crippen molar-refractivity contribution in [2.75, 3.05) is 32.8 Å². The van der Waals surface area contributed by atoms with Crippen LogP contribution < -0.4 is 4.74 Å². The Morgan fingerprint density at radius 3 is 2.58 bits per heavy atom. The van der Waals surface area contributed by atoms with Crippen LogP contribution in [0.3, 0.4) is 0 Å². The number of benzene rings is 1. The molecular formula is C28H38N2O3. The van der Waals surface area contributed by atoms with Crippen molar-refractivity contribution in [3.63, 3.8) is 0 Å². The summed E-state index contributed by atoms with van der Waals surface area (Å²) in [5.74, 6) is 2.05. The minimum absolute atomic E-state index is 0.118. The van der Waals surface area contributed by atoms with Gasteiger partial charge in [0.15, 0.2) is 0 Å². The smallest absolute Gasteiger partial charge is 0.246 e. The summed E-state index contributed by atoms with van der Waals surface area (Å²) in [6.45, 7) is 8.27. The summed E-state index contributed by atoms with van der Waals surface area (Å²) in [4.78, 5) is 17.8. The number of ether oxygens (including phenoxy) is 1. The van der Waals surface area contributed by atoms with Crippen molar-refractivity contribution in [2.45, 2.75) is 77.7 Å². The second-order valence-electron chi connectivity index (χ2n) is 9.97. The van der Waals surface area contributed by atoms with E-state index in [9.17, 15) is 4.79 Å². The lowest BCUT2D eigenvalue weighted by Gasteiger charge is -2.40. The van der Waals surface area contributed by atoms with Crippen LogP contribution in [-0.4, -0.2) is 54.5 Å². The van der Waals surface area contributed by atoms with Gasteiger partial charge in [-0.05, 0) is 57.6 Å². The van der Waals surface area contributed by atoms with Gasteiger partial charge in [0.25, 0.3) is 0 Å². The van der Waals surface area contributed by atoms with Gasteiger partial charge in [-0.3, -0.25) is 9.69 Å². The van der Waals surface area contributed by atoms with Gasteiger partial charge in [0.2, 0.25) is 5.91 Å². The average Bonchev–Trinajstić information content (AvgIpc) is 3.22. The van der Waals surface area contributed by atoms with Gasteiger partial charge >= 0.3 is 0 Å². The monoisotopic (exact) mass is 450 g/mol. The van der Waals surface area contributed by atoms with E-state index in [-0.39, 0.29) is 5.91 Å². The second-order valence-corrected chi connectivity index (χ2v) is 9.97. The number of piperazine rings is 1. The van der Waals surface area contributed by atoms with Gasteiger partial charge < -0.3 is 14.1 Å². The molecule has 1 saturated carbocycles. The Balaban J connectivity index is 1.34. The maximum atomic E-state index is 13.2. The lowest BCUT2D eigenvalue weighted by atomic mass is 9.93. The van der Waals surface area contributed by atoms with Crippen molar-refractivity contribution in [2.24, 2.45) is 0 Å². The molecule has 1 amide bonds. The third-order valence-electron chi connectivity index (χ3n) is 7.84. The number of hydrogen-bond donors (Lipinski definition) is 0. The van der Waals surface area contributed by atoms with E-state index in [0.29, 0.717) is 6.61 Å². The van der Waals surface area contributed by atoms with Gasteiger partial charge in [0, 0.05) is 67.3 Å². The van der Waals surface area contributed by atoms with Crippen LogP contribution in [0.15, 0.2) is 22.6 Å². The molecule has 5 nitrogen and oxygen atoms in total. The average molecular weight is 451 g/mol. The first-order chi connectivity index (χ1) is 16.1. The molecule has 1 aromatic heterocycles. The number of carbonyl (C=O) groups excluding carboxylic acids is 1. The van der Waals surface area contributed by atoms with E-state index >= 15 is 0 Å². The molecule has 2 fully saturated rings. The molecule has 2 aliphatic carbocycles. The molecule has 0 bridgehead atoms. The number of rotatable bonds is 5. The van der Waals surface area contributed by atoms with Gasteiger partial charge in [0.05, 0.1) is 6.61 Å². The maximum Gasteiger partial charge on any atom is 0.246 e. The highest BCUT2D eigenvalue weighted by Crippen LogP contribution is 2.38.